The maximum Gasteiger partial charge on any atom is 0.313 e. The molecule has 4 N–H and O–H groups in total. The summed E-state index contributed by atoms with van der Waals surface area (Å²) in [6, 6.07) is 0. The Morgan fingerprint density at radius 3 is 2.56 bits per heavy atom. The van der Waals surface area contributed by atoms with Crippen molar-refractivity contribution in [3.8, 4) is 0 Å². The Bertz CT molecular complexity index is 460. The van der Waals surface area contributed by atoms with Crippen LogP contribution in [-0.2, 0) is 4.79 Å². The molecule has 0 aromatic rings. The Morgan fingerprint density at radius 1 is 1.56 bits per heavy atom. The number of carboxylic acid groups (broad SMARTS) is 1. The highest BCUT2D eigenvalue weighted by Gasteiger charge is 2.41. The number of rotatable bonds is 3. The van der Waals surface area contributed by atoms with Gasteiger partial charge in [0.05, 0.1) is 5.41 Å². The fourth-order valence-corrected chi connectivity index (χ4v) is 2.61. The van der Waals surface area contributed by atoms with Crippen LogP contribution in [0.25, 0.3) is 0 Å². The molecule has 0 spiro atoms. The fourth-order valence-electron chi connectivity index (χ4n) is 2.61. The van der Waals surface area contributed by atoms with Gasteiger partial charge in [-0.3, -0.25) is 10.2 Å². The maximum absolute atomic E-state index is 11.5. The van der Waals surface area contributed by atoms with Gasteiger partial charge < -0.3 is 10.8 Å². The molecule has 0 saturated heterocycles. The van der Waals surface area contributed by atoms with E-state index in [4.69, 9.17) is 11.1 Å². The summed E-state index contributed by atoms with van der Waals surface area (Å²) in [5.41, 5.74) is 6.45. The number of nitrogens with one attached hydrogen (secondary N) is 1. The smallest absolute Gasteiger partial charge is 0.313 e. The summed E-state index contributed by atoms with van der Waals surface area (Å²) in [5.74, 6) is -0.540. The third-order valence-electron chi connectivity index (χ3n) is 4.42. The van der Waals surface area contributed by atoms with Crippen molar-refractivity contribution >= 4 is 11.8 Å². The van der Waals surface area contributed by atoms with E-state index in [0.717, 1.165) is 24.0 Å². The third kappa shape index (κ3) is 1.85. The van der Waals surface area contributed by atoms with Crippen molar-refractivity contribution in [2.75, 3.05) is 0 Å². The van der Waals surface area contributed by atoms with Gasteiger partial charge in [-0.15, -0.1) is 0 Å². The van der Waals surface area contributed by atoms with Crippen molar-refractivity contribution in [2.24, 2.45) is 23.0 Å². The first-order valence-corrected chi connectivity index (χ1v) is 6.39. The summed E-state index contributed by atoms with van der Waals surface area (Å²) in [5, 5.41) is 17.1. The zero-order valence-corrected chi connectivity index (χ0v) is 10.9. The van der Waals surface area contributed by atoms with Crippen LogP contribution < -0.4 is 5.73 Å². The van der Waals surface area contributed by atoms with Crippen LogP contribution in [0.4, 0.5) is 0 Å². The van der Waals surface area contributed by atoms with Crippen molar-refractivity contribution in [1.82, 2.24) is 0 Å². The van der Waals surface area contributed by atoms with Gasteiger partial charge in [0.2, 0.25) is 0 Å². The van der Waals surface area contributed by atoms with E-state index in [1.165, 1.54) is 6.42 Å². The number of carbonyl (C=O) groups is 1. The third-order valence-corrected chi connectivity index (χ3v) is 4.42. The number of aliphatic carboxylic acids is 1. The van der Waals surface area contributed by atoms with Gasteiger partial charge in [-0.1, -0.05) is 25.5 Å². The van der Waals surface area contributed by atoms with Crippen molar-refractivity contribution in [3.05, 3.63) is 23.3 Å². The Morgan fingerprint density at radius 2 is 2.17 bits per heavy atom. The molecule has 0 radical (unpaired) electrons. The second-order valence-corrected chi connectivity index (χ2v) is 5.60. The predicted octanol–water partition coefficient (Wildman–Crippen LogP) is 2.32. The Kier molecular flexibility index (Phi) is 3.05. The predicted molar refractivity (Wildman–Crippen MR) is 70.3 cm³/mol. The van der Waals surface area contributed by atoms with E-state index in [2.05, 4.69) is 0 Å². The molecule has 0 amide bonds. The summed E-state index contributed by atoms with van der Waals surface area (Å²) in [4.78, 5) is 11.5. The molecule has 0 aromatic heterocycles. The van der Waals surface area contributed by atoms with Gasteiger partial charge >= 0.3 is 5.97 Å². The van der Waals surface area contributed by atoms with Crippen LogP contribution in [0.3, 0.4) is 0 Å². The second-order valence-electron chi connectivity index (χ2n) is 5.60. The largest absolute Gasteiger partial charge is 0.481 e. The molecule has 4 heteroatoms. The van der Waals surface area contributed by atoms with Crippen molar-refractivity contribution in [2.45, 2.75) is 33.1 Å². The summed E-state index contributed by atoms with van der Waals surface area (Å²) >= 11 is 0. The normalized spacial score (nSPS) is 32.2. The highest BCUT2D eigenvalue weighted by atomic mass is 16.4. The molecule has 1 fully saturated rings. The Labute approximate surface area is 107 Å². The van der Waals surface area contributed by atoms with Crippen LogP contribution >= 0.6 is 0 Å². The molecule has 4 nitrogen and oxygen atoms in total. The van der Waals surface area contributed by atoms with Crippen molar-refractivity contribution in [3.63, 3.8) is 0 Å². The first kappa shape index (κ1) is 12.9. The lowest BCUT2D eigenvalue weighted by Crippen LogP contribution is -2.37. The molecule has 2 rings (SSSR count). The van der Waals surface area contributed by atoms with E-state index >= 15 is 0 Å². The average molecular weight is 248 g/mol. The number of allylic oxidation sites excluding steroid dienone is 1. The van der Waals surface area contributed by atoms with Crippen LogP contribution in [0.5, 0.6) is 0 Å². The molecule has 2 aliphatic rings. The standard InChI is InChI=1S/C14H20N2O2/c1-8-6-10(12(15)16)11(9-4-3-5-9)7-14(8,2)13(17)18/h6-9H,3-5H2,1-2H3,(H3,15,16)(H,17,18). The van der Waals surface area contributed by atoms with E-state index in [-0.39, 0.29) is 11.8 Å². The quantitative estimate of drug-likeness (QED) is 0.529. The molecule has 0 heterocycles. The SMILES string of the molecule is CC1C=C(C(=N)N)C(C2CCC2)=CC1(C)C(=O)O. The number of amidine groups is 1. The zero-order valence-electron chi connectivity index (χ0n) is 10.9. The average Bonchev–Trinajstić information content (AvgIpc) is 2.19. The lowest BCUT2D eigenvalue weighted by molar-refractivity contribution is -0.146. The summed E-state index contributed by atoms with van der Waals surface area (Å²) < 4.78 is 0. The summed E-state index contributed by atoms with van der Waals surface area (Å²) in [7, 11) is 0. The topological polar surface area (TPSA) is 87.2 Å². The minimum absolute atomic E-state index is 0.0486. The van der Waals surface area contributed by atoms with Gasteiger partial charge in [0.25, 0.3) is 0 Å². The monoisotopic (exact) mass is 248 g/mol. The Balaban J connectivity index is 2.44. The number of hydrogen-bond acceptors (Lipinski definition) is 2. The van der Waals surface area contributed by atoms with Gasteiger partial charge in [-0.25, -0.2) is 0 Å². The van der Waals surface area contributed by atoms with E-state index in [1.54, 1.807) is 6.92 Å². The van der Waals surface area contributed by atoms with E-state index in [0.29, 0.717) is 5.92 Å². The molecule has 2 unspecified atom stereocenters. The van der Waals surface area contributed by atoms with Crippen LogP contribution in [0.1, 0.15) is 33.1 Å². The first-order valence-electron chi connectivity index (χ1n) is 6.39. The molecule has 1 saturated carbocycles. The molecular formula is C14H20N2O2. The van der Waals surface area contributed by atoms with Gasteiger partial charge in [-0.05, 0) is 37.2 Å². The van der Waals surface area contributed by atoms with Crippen molar-refractivity contribution in [1.29, 1.82) is 5.41 Å². The molecule has 2 atom stereocenters. The number of carboxylic acids is 1. The molecule has 0 aliphatic heterocycles. The highest BCUT2D eigenvalue weighted by Crippen LogP contribution is 2.45. The number of nitrogens with two attached hydrogens (primary N) is 1. The summed E-state index contributed by atoms with van der Waals surface area (Å²) in [6.07, 6.45) is 7.00. The second kappa shape index (κ2) is 4.26. The molecule has 0 aromatic carbocycles. The van der Waals surface area contributed by atoms with Crippen molar-refractivity contribution < 1.29 is 9.90 Å². The molecule has 18 heavy (non-hydrogen) atoms. The molecule has 98 valence electrons. The first-order chi connectivity index (χ1) is 8.36. The van der Waals surface area contributed by atoms with E-state index < -0.39 is 11.4 Å². The van der Waals surface area contributed by atoms with Crippen LogP contribution in [0, 0.1) is 22.7 Å². The maximum atomic E-state index is 11.5. The van der Waals surface area contributed by atoms with Gasteiger partial charge in [-0.2, -0.15) is 0 Å². The molecule has 0 bridgehead atoms. The minimum atomic E-state index is -0.885. The summed E-state index contributed by atoms with van der Waals surface area (Å²) in [6.45, 7) is 3.61. The van der Waals surface area contributed by atoms with E-state index in [1.807, 2.05) is 19.1 Å². The van der Waals surface area contributed by atoms with E-state index in [9.17, 15) is 9.90 Å². The lowest BCUT2D eigenvalue weighted by atomic mass is 9.66. The number of hydrogen-bond donors (Lipinski definition) is 3. The van der Waals surface area contributed by atoms with Gasteiger partial charge in [0, 0.05) is 5.57 Å². The fraction of sp³-hybridized carbons (Fsp3) is 0.571. The zero-order chi connectivity index (χ0) is 13.5. The Hall–Kier alpha value is -1.58. The molecule has 2 aliphatic carbocycles. The van der Waals surface area contributed by atoms with Crippen LogP contribution in [0.2, 0.25) is 0 Å². The van der Waals surface area contributed by atoms with Gasteiger partial charge in [0.15, 0.2) is 0 Å². The molecular weight excluding hydrogens is 228 g/mol. The minimum Gasteiger partial charge on any atom is -0.481 e. The highest BCUT2D eigenvalue weighted by molar-refractivity contribution is 6.00. The van der Waals surface area contributed by atoms with Crippen LogP contribution in [0.15, 0.2) is 23.3 Å². The van der Waals surface area contributed by atoms with Crippen LogP contribution in [-0.4, -0.2) is 16.9 Å². The van der Waals surface area contributed by atoms with Gasteiger partial charge in [0.1, 0.15) is 5.84 Å². The lowest BCUT2D eigenvalue weighted by Gasteiger charge is -2.38.